The zero-order valence-corrected chi connectivity index (χ0v) is 14.8. The van der Waals surface area contributed by atoms with E-state index in [0.717, 1.165) is 32.0 Å². The molecular weight excluding hydrogens is 280 g/mol. The van der Waals surface area contributed by atoms with Crippen LogP contribution >= 0.6 is 11.3 Å². The summed E-state index contributed by atoms with van der Waals surface area (Å²) in [6, 6.07) is 3.33. The Morgan fingerprint density at radius 3 is 2.48 bits per heavy atom. The summed E-state index contributed by atoms with van der Waals surface area (Å²) in [7, 11) is 1.82. The largest absolute Gasteiger partial charge is 0.356 e. The van der Waals surface area contributed by atoms with E-state index in [4.69, 9.17) is 0 Å². The van der Waals surface area contributed by atoms with Crippen LogP contribution in [0.15, 0.2) is 21.8 Å². The molecule has 1 aromatic rings. The second-order valence-electron chi connectivity index (χ2n) is 5.76. The second kappa shape index (κ2) is 9.79. The highest BCUT2D eigenvalue weighted by Gasteiger charge is 2.12. The Morgan fingerprint density at radius 2 is 1.95 bits per heavy atom. The van der Waals surface area contributed by atoms with Gasteiger partial charge in [0.15, 0.2) is 5.96 Å². The lowest BCUT2D eigenvalue weighted by atomic mass is 10.2. The molecule has 0 saturated carbocycles. The van der Waals surface area contributed by atoms with Crippen molar-refractivity contribution in [3.05, 3.63) is 22.4 Å². The molecule has 0 aliphatic rings. The maximum absolute atomic E-state index is 4.26. The molecule has 120 valence electrons. The van der Waals surface area contributed by atoms with Gasteiger partial charge < -0.3 is 10.6 Å². The number of nitrogens with one attached hydrogen (secondary N) is 2. The van der Waals surface area contributed by atoms with Crippen molar-refractivity contribution in [3.8, 4) is 0 Å². The van der Waals surface area contributed by atoms with E-state index in [1.807, 2.05) is 7.05 Å². The zero-order chi connectivity index (χ0) is 15.7. The normalized spacial score (nSPS) is 12.5. The molecule has 5 heteroatoms. The molecule has 1 aromatic heterocycles. The number of nitrogens with zero attached hydrogens (tertiary/aromatic N) is 2. The summed E-state index contributed by atoms with van der Waals surface area (Å²) in [5.74, 6) is 0.877. The summed E-state index contributed by atoms with van der Waals surface area (Å²) < 4.78 is 0. The van der Waals surface area contributed by atoms with E-state index in [1.165, 1.54) is 5.56 Å². The van der Waals surface area contributed by atoms with Crippen LogP contribution in [0.5, 0.6) is 0 Å². The van der Waals surface area contributed by atoms with Gasteiger partial charge in [-0.25, -0.2) is 0 Å². The molecule has 0 unspecified atom stereocenters. The summed E-state index contributed by atoms with van der Waals surface area (Å²) in [6.07, 6.45) is 1.12. The molecule has 0 bridgehead atoms. The van der Waals surface area contributed by atoms with Gasteiger partial charge in [-0.15, -0.1) is 0 Å². The maximum Gasteiger partial charge on any atom is 0.191 e. The Morgan fingerprint density at radius 1 is 1.24 bits per heavy atom. The Balaban J connectivity index is 2.23. The predicted molar refractivity (Wildman–Crippen MR) is 94.1 cm³/mol. The standard InChI is InChI=1S/C16H30N4S/c1-13(2)20(14(3)4)9-6-8-18-16(17-5)19-11-15-7-10-21-12-15/h7,10,12-14H,6,8-9,11H2,1-5H3,(H2,17,18,19). The maximum atomic E-state index is 4.26. The third kappa shape index (κ3) is 6.96. The van der Waals surface area contributed by atoms with Crippen LogP contribution < -0.4 is 10.6 Å². The Kier molecular flexibility index (Phi) is 8.38. The molecule has 0 fully saturated rings. The van der Waals surface area contributed by atoms with Crippen LogP contribution in [0.4, 0.5) is 0 Å². The van der Waals surface area contributed by atoms with Crippen LogP contribution in [-0.2, 0) is 6.54 Å². The minimum atomic E-state index is 0.598. The SMILES string of the molecule is CN=C(NCCCN(C(C)C)C(C)C)NCc1ccsc1. The molecule has 4 nitrogen and oxygen atoms in total. The van der Waals surface area contributed by atoms with E-state index in [2.05, 4.69) is 65.0 Å². The van der Waals surface area contributed by atoms with Crippen LogP contribution in [0.2, 0.25) is 0 Å². The van der Waals surface area contributed by atoms with Gasteiger partial charge in [0.2, 0.25) is 0 Å². The lowest BCUT2D eigenvalue weighted by Gasteiger charge is -2.30. The van der Waals surface area contributed by atoms with Crippen molar-refractivity contribution in [2.45, 2.75) is 52.7 Å². The van der Waals surface area contributed by atoms with Gasteiger partial charge >= 0.3 is 0 Å². The van der Waals surface area contributed by atoms with E-state index in [1.54, 1.807) is 11.3 Å². The van der Waals surface area contributed by atoms with Gasteiger partial charge in [0.1, 0.15) is 0 Å². The van der Waals surface area contributed by atoms with E-state index < -0.39 is 0 Å². The summed E-state index contributed by atoms with van der Waals surface area (Å²) >= 11 is 1.72. The molecular formula is C16H30N4S. The zero-order valence-electron chi connectivity index (χ0n) is 14.0. The topological polar surface area (TPSA) is 39.7 Å². The molecule has 0 amide bonds. The number of aliphatic imine (C=N–C) groups is 1. The molecule has 0 aliphatic carbocycles. The van der Waals surface area contributed by atoms with Gasteiger partial charge in [-0.3, -0.25) is 9.89 Å². The Hall–Kier alpha value is -1.07. The first kappa shape index (κ1) is 18.0. The number of thiophene rings is 1. The molecule has 0 radical (unpaired) electrons. The quantitative estimate of drug-likeness (QED) is 0.440. The Labute approximate surface area is 133 Å². The fourth-order valence-electron chi connectivity index (χ4n) is 2.38. The van der Waals surface area contributed by atoms with Crippen LogP contribution in [0.25, 0.3) is 0 Å². The van der Waals surface area contributed by atoms with Crippen molar-refractivity contribution in [3.63, 3.8) is 0 Å². The van der Waals surface area contributed by atoms with Gasteiger partial charge in [0.25, 0.3) is 0 Å². The molecule has 0 spiro atoms. The number of hydrogen-bond donors (Lipinski definition) is 2. The summed E-state index contributed by atoms with van der Waals surface area (Å²) in [5.41, 5.74) is 1.30. The predicted octanol–water partition coefficient (Wildman–Crippen LogP) is 2.92. The van der Waals surface area contributed by atoms with Gasteiger partial charge in [-0.05, 0) is 56.5 Å². The third-order valence-corrected chi connectivity index (χ3v) is 4.21. The molecule has 0 aromatic carbocycles. The van der Waals surface area contributed by atoms with E-state index in [-0.39, 0.29) is 0 Å². The first-order valence-corrected chi connectivity index (χ1v) is 8.70. The van der Waals surface area contributed by atoms with Crippen molar-refractivity contribution in [2.75, 3.05) is 20.1 Å². The lowest BCUT2D eigenvalue weighted by molar-refractivity contribution is 0.173. The average Bonchev–Trinajstić information content (AvgIpc) is 2.94. The monoisotopic (exact) mass is 310 g/mol. The summed E-state index contributed by atoms with van der Waals surface area (Å²) in [6.45, 7) is 11.9. The summed E-state index contributed by atoms with van der Waals surface area (Å²) in [5, 5.41) is 11.0. The molecule has 2 N–H and O–H groups in total. The van der Waals surface area contributed by atoms with Crippen molar-refractivity contribution in [1.82, 2.24) is 15.5 Å². The van der Waals surface area contributed by atoms with Crippen molar-refractivity contribution in [1.29, 1.82) is 0 Å². The lowest BCUT2D eigenvalue weighted by Crippen LogP contribution is -2.41. The highest BCUT2D eigenvalue weighted by atomic mass is 32.1. The number of rotatable bonds is 8. The van der Waals surface area contributed by atoms with Crippen molar-refractivity contribution in [2.24, 2.45) is 4.99 Å². The minimum absolute atomic E-state index is 0.598. The molecule has 0 atom stereocenters. The molecule has 0 saturated heterocycles. The van der Waals surface area contributed by atoms with Crippen LogP contribution in [-0.4, -0.2) is 43.1 Å². The number of guanidine groups is 1. The van der Waals surface area contributed by atoms with Gasteiger partial charge in [-0.2, -0.15) is 11.3 Å². The highest BCUT2D eigenvalue weighted by molar-refractivity contribution is 7.07. The van der Waals surface area contributed by atoms with Crippen molar-refractivity contribution < 1.29 is 0 Å². The van der Waals surface area contributed by atoms with E-state index in [0.29, 0.717) is 12.1 Å². The molecule has 1 rings (SSSR count). The molecule has 1 heterocycles. The van der Waals surface area contributed by atoms with Crippen LogP contribution in [0.1, 0.15) is 39.7 Å². The van der Waals surface area contributed by atoms with E-state index >= 15 is 0 Å². The number of hydrogen-bond acceptors (Lipinski definition) is 3. The molecule has 21 heavy (non-hydrogen) atoms. The first-order chi connectivity index (χ1) is 10.0. The third-order valence-electron chi connectivity index (χ3n) is 3.48. The van der Waals surface area contributed by atoms with Gasteiger partial charge in [0, 0.05) is 38.8 Å². The summed E-state index contributed by atoms with van der Waals surface area (Å²) in [4.78, 5) is 6.78. The smallest absolute Gasteiger partial charge is 0.191 e. The highest BCUT2D eigenvalue weighted by Crippen LogP contribution is 2.06. The van der Waals surface area contributed by atoms with E-state index in [9.17, 15) is 0 Å². The first-order valence-electron chi connectivity index (χ1n) is 7.76. The van der Waals surface area contributed by atoms with Gasteiger partial charge in [0.05, 0.1) is 0 Å². The second-order valence-corrected chi connectivity index (χ2v) is 6.54. The van der Waals surface area contributed by atoms with Crippen molar-refractivity contribution >= 4 is 17.3 Å². The minimum Gasteiger partial charge on any atom is -0.356 e. The van der Waals surface area contributed by atoms with Crippen LogP contribution in [0, 0.1) is 0 Å². The average molecular weight is 311 g/mol. The fourth-order valence-corrected chi connectivity index (χ4v) is 3.05. The fraction of sp³-hybridized carbons (Fsp3) is 0.688. The van der Waals surface area contributed by atoms with Gasteiger partial charge in [-0.1, -0.05) is 0 Å². The van der Waals surface area contributed by atoms with Crippen LogP contribution in [0.3, 0.4) is 0 Å². The molecule has 0 aliphatic heterocycles. The Bertz CT molecular complexity index is 390.